The highest BCUT2D eigenvalue weighted by molar-refractivity contribution is 8.15. The molecule has 1 nitrogen and oxygen atoms in total. The maximum absolute atomic E-state index is 12.0. The Labute approximate surface area is 117 Å². The summed E-state index contributed by atoms with van der Waals surface area (Å²) in [6, 6.07) is 0. The molecular weight excluding hydrogens is 240 g/mol. The Kier molecular flexibility index (Phi) is 7.06. The molecule has 0 spiro atoms. The Hall–Kier alpha value is -0.240. The molecule has 1 fully saturated rings. The topological polar surface area (TPSA) is 17.1 Å². The van der Waals surface area contributed by atoms with E-state index in [4.69, 9.17) is 0 Å². The fourth-order valence-electron chi connectivity index (χ4n) is 2.87. The zero-order valence-electron chi connectivity index (χ0n) is 12.1. The Bertz CT molecular complexity index is 273. The van der Waals surface area contributed by atoms with E-state index in [1.807, 2.05) is 6.92 Å². The normalized spacial score (nSPS) is 20.6. The van der Waals surface area contributed by atoms with Crippen molar-refractivity contribution in [1.29, 1.82) is 0 Å². The molecule has 0 unspecified atom stereocenters. The molecule has 0 aromatic carbocycles. The van der Waals surface area contributed by atoms with Gasteiger partial charge in [0.15, 0.2) is 0 Å². The summed E-state index contributed by atoms with van der Waals surface area (Å²) in [7, 11) is 0. The fourth-order valence-corrected chi connectivity index (χ4v) is 4.24. The van der Waals surface area contributed by atoms with Gasteiger partial charge in [-0.05, 0) is 31.8 Å². The van der Waals surface area contributed by atoms with Crippen LogP contribution in [0.15, 0.2) is 12.2 Å². The predicted octanol–water partition coefficient (Wildman–Crippen LogP) is 5.50. The van der Waals surface area contributed by atoms with Gasteiger partial charge < -0.3 is 0 Å². The maximum atomic E-state index is 12.0. The molecule has 0 N–H and O–H groups in total. The highest BCUT2D eigenvalue weighted by Crippen LogP contribution is 2.42. The van der Waals surface area contributed by atoms with Gasteiger partial charge in [0.05, 0.1) is 0 Å². The van der Waals surface area contributed by atoms with Crippen LogP contribution in [0.4, 0.5) is 0 Å². The van der Waals surface area contributed by atoms with Gasteiger partial charge in [-0.25, -0.2) is 0 Å². The maximum Gasteiger partial charge on any atom is 0.214 e. The number of thioether (sulfide) groups is 1. The van der Waals surface area contributed by atoms with E-state index in [0.717, 1.165) is 0 Å². The molecule has 0 aromatic rings. The molecule has 1 rings (SSSR count). The first-order chi connectivity index (χ1) is 8.59. The SMILES string of the molecule is C=C(C)C(=O)SC1(CCC)CCCCCCCC1. The van der Waals surface area contributed by atoms with Crippen LogP contribution in [0.25, 0.3) is 0 Å². The van der Waals surface area contributed by atoms with E-state index >= 15 is 0 Å². The van der Waals surface area contributed by atoms with E-state index in [9.17, 15) is 4.79 Å². The predicted molar refractivity (Wildman–Crippen MR) is 82.0 cm³/mol. The van der Waals surface area contributed by atoms with Crippen molar-refractivity contribution < 1.29 is 4.79 Å². The number of rotatable bonds is 4. The molecule has 104 valence electrons. The van der Waals surface area contributed by atoms with Crippen molar-refractivity contribution in [1.82, 2.24) is 0 Å². The molecule has 1 aliphatic rings. The highest BCUT2D eigenvalue weighted by Gasteiger charge is 2.32. The average Bonchev–Trinajstić information content (AvgIpc) is 2.42. The molecule has 2 heteroatoms. The summed E-state index contributed by atoms with van der Waals surface area (Å²) in [6.45, 7) is 7.88. The van der Waals surface area contributed by atoms with Crippen molar-refractivity contribution >= 4 is 16.9 Å². The minimum Gasteiger partial charge on any atom is -0.282 e. The molecule has 0 bridgehead atoms. The molecule has 0 atom stereocenters. The van der Waals surface area contributed by atoms with Gasteiger partial charge in [0, 0.05) is 4.75 Å². The van der Waals surface area contributed by atoms with Crippen LogP contribution in [-0.4, -0.2) is 9.86 Å². The average molecular weight is 268 g/mol. The third kappa shape index (κ3) is 5.17. The molecule has 0 aromatic heterocycles. The summed E-state index contributed by atoms with van der Waals surface area (Å²) < 4.78 is 0.203. The lowest BCUT2D eigenvalue weighted by Gasteiger charge is -2.32. The van der Waals surface area contributed by atoms with Crippen LogP contribution in [0.3, 0.4) is 0 Å². The summed E-state index contributed by atoms with van der Waals surface area (Å²) in [5.41, 5.74) is 0.704. The molecule has 0 aliphatic heterocycles. The first-order valence-corrected chi connectivity index (χ1v) is 8.30. The zero-order valence-corrected chi connectivity index (χ0v) is 12.9. The lowest BCUT2D eigenvalue weighted by molar-refractivity contribution is -0.107. The van der Waals surface area contributed by atoms with Gasteiger partial charge in [-0.3, -0.25) is 4.79 Å². The molecule has 18 heavy (non-hydrogen) atoms. The number of hydrogen-bond acceptors (Lipinski definition) is 2. The first-order valence-electron chi connectivity index (χ1n) is 7.48. The minimum absolute atomic E-state index is 0.203. The summed E-state index contributed by atoms with van der Waals surface area (Å²) in [5.74, 6) is 0. The van der Waals surface area contributed by atoms with Crippen LogP contribution in [0.5, 0.6) is 0 Å². The summed E-state index contributed by atoms with van der Waals surface area (Å²) in [4.78, 5) is 12.0. The van der Waals surface area contributed by atoms with Gasteiger partial charge in [0.1, 0.15) is 0 Å². The lowest BCUT2D eigenvalue weighted by atomic mass is 9.91. The van der Waals surface area contributed by atoms with E-state index in [-0.39, 0.29) is 9.86 Å². The van der Waals surface area contributed by atoms with Gasteiger partial charge in [-0.2, -0.15) is 0 Å². The van der Waals surface area contributed by atoms with E-state index in [2.05, 4.69) is 13.5 Å². The smallest absolute Gasteiger partial charge is 0.214 e. The lowest BCUT2D eigenvalue weighted by Crippen LogP contribution is -2.26. The Morgan fingerprint density at radius 2 is 1.61 bits per heavy atom. The van der Waals surface area contributed by atoms with Crippen molar-refractivity contribution in [3.05, 3.63) is 12.2 Å². The largest absolute Gasteiger partial charge is 0.282 e. The Morgan fingerprint density at radius 3 is 2.06 bits per heavy atom. The molecule has 0 saturated heterocycles. The van der Waals surface area contributed by atoms with Crippen LogP contribution in [0, 0.1) is 0 Å². The van der Waals surface area contributed by atoms with Crippen LogP contribution < -0.4 is 0 Å². The molecular formula is C16H28OS. The summed E-state index contributed by atoms with van der Waals surface area (Å²) in [5, 5.41) is 0.211. The summed E-state index contributed by atoms with van der Waals surface area (Å²) >= 11 is 1.59. The van der Waals surface area contributed by atoms with Crippen LogP contribution in [-0.2, 0) is 4.79 Å². The number of carbonyl (C=O) groups excluding carboxylic acids is 1. The Balaban J connectivity index is 2.73. The monoisotopic (exact) mass is 268 g/mol. The zero-order chi connectivity index (χ0) is 13.4. The van der Waals surface area contributed by atoms with Crippen LogP contribution in [0.1, 0.15) is 78.1 Å². The first kappa shape index (κ1) is 15.8. The van der Waals surface area contributed by atoms with Crippen molar-refractivity contribution in [2.45, 2.75) is 82.8 Å². The van der Waals surface area contributed by atoms with Gasteiger partial charge in [0.2, 0.25) is 5.12 Å². The van der Waals surface area contributed by atoms with E-state index in [1.54, 1.807) is 11.8 Å². The van der Waals surface area contributed by atoms with E-state index in [1.165, 1.54) is 64.2 Å². The number of carbonyl (C=O) groups is 1. The molecule has 0 amide bonds. The van der Waals surface area contributed by atoms with Gasteiger partial charge in [-0.15, -0.1) is 0 Å². The van der Waals surface area contributed by atoms with Crippen molar-refractivity contribution in [3.63, 3.8) is 0 Å². The quantitative estimate of drug-likeness (QED) is 0.627. The van der Waals surface area contributed by atoms with Crippen LogP contribution >= 0.6 is 11.8 Å². The molecule has 0 heterocycles. The summed E-state index contributed by atoms with van der Waals surface area (Å²) in [6.07, 6.45) is 12.8. The van der Waals surface area contributed by atoms with Gasteiger partial charge >= 0.3 is 0 Å². The second kappa shape index (κ2) is 8.04. The molecule has 0 radical (unpaired) electrons. The van der Waals surface area contributed by atoms with Gasteiger partial charge in [0.25, 0.3) is 0 Å². The standard InChI is InChI=1S/C16H28OS/c1-4-11-16(18-15(17)14(2)3)12-9-7-5-6-8-10-13-16/h2,4-13H2,1,3H3. The van der Waals surface area contributed by atoms with Crippen molar-refractivity contribution in [3.8, 4) is 0 Å². The fraction of sp³-hybridized carbons (Fsp3) is 0.812. The third-order valence-electron chi connectivity index (χ3n) is 3.88. The van der Waals surface area contributed by atoms with Gasteiger partial charge in [-0.1, -0.05) is 70.2 Å². The molecule has 1 aliphatic carbocycles. The third-order valence-corrected chi connectivity index (χ3v) is 5.46. The molecule has 1 saturated carbocycles. The second-order valence-corrected chi connectivity index (χ2v) is 7.17. The Morgan fingerprint density at radius 1 is 1.11 bits per heavy atom. The van der Waals surface area contributed by atoms with Crippen molar-refractivity contribution in [2.75, 3.05) is 0 Å². The van der Waals surface area contributed by atoms with E-state index in [0.29, 0.717) is 5.57 Å². The minimum atomic E-state index is 0.203. The highest BCUT2D eigenvalue weighted by atomic mass is 32.2. The van der Waals surface area contributed by atoms with E-state index < -0.39 is 0 Å². The number of hydrogen-bond donors (Lipinski definition) is 0. The second-order valence-electron chi connectivity index (χ2n) is 5.72. The van der Waals surface area contributed by atoms with Crippen LogP contribution in [0.2, 0.25) is 0 Å². The van der Waals surface area contributed by atoms with Crippen molar-refractivity contribution in [2.24, 2.45) is 0 Å².